The van der Waals surface area contributed by atoms with E-state index in [4.69, 9.17) is 36.8 Å². The van der Waals surface area contributed by atoms with Crippen molar-refractivity contribution in [2.45, 2.75) is 0 Å². The van der Waals surface area contributed by atoms with Crippen molar-refractivity contribution in [1.82, 2.24) is 0 Å². The Morgan fingerprint density at radius 1 is 1.00 bits per heavy atom. The van der Waals surface area contributed by atoms with E-state index >= 15 is 0 Å². The maximum atomic E-state index is 5.41. The third-order valence-corrected chi connectivity index (χ3v) is 2.23. The summed E-state index contributed by atoms with van der Waals surface area (Å²) in [6.07, 6.45) is 0. The Labute approximate surface area is 84.3 Å². The molecule has 0 spiro atoms. The molecule has 0 aromatic rings. The lowest BCUT2D eigenvalue weighted by atomic mass is 10.9. The summed E-state index contributed by atoms with van der Waals surface area (Å²) in [5.74, 6) is 0.840. The Kier molecular flexibility index (Phi) is 10.7. The molecule has 12 heavy (non-hydrogen) atoms. The molecule has 0 aliphatic carbocycles. The Morgan fingerprint density at radius 2 is 1.50 bits per heavy atom. The smallest absolute Gasteiger partial charge is 0.312 e. The van der Waals surface area contributed by atoms with Crippen LogP contribution < -0.4 is 0 Å². The molecule has 0 aliphatic rings. The van der Waals surface area contributed by atoms with Crippen LogP contribution in [0.1, 0.15) is 0 Å². The van der Waals surface area contributed by atoms with Gasteiger partial charge in [-0.2, -0.15) is 0 Å². The minimum atomic E-state index is -1.30. The first-order chi connectivity index (χ1) is 5.85. The largest absolute Gasteiger partial charge is 0.332 e. The summed E-state index contributed by atoms with van der Waals surface area (Å²) in [5.41, 5.74) is 0. The van der Waals surface area contributed by atoms with Crippen molar-refractivity contribution in [2.75, 3.05) is 31.6 Å². The third-order valence-electron chi connectivity index (χ3n) is 0.744. The molecule has 0 unspecified atom stereocenters. The Bertz CT molecular complexity index is 88.9. The highest BCUT2D eigenvalue weighted by Gasteiger charge is 2.10. The van der Waals surface area contributed by atoms with Gasteiger partial charge >= 0.3 is 8.60 Å². The highest BCUT2D eigenvalue weighted by molar-refractivity contribution is 7.41. The van der Waals surface area contributed by atoms with Crippen molar-refractivity contribution in [3.05, 3.63) is 6.92 Å². The van der Waals surface area contributed by atoms with Crippen molar-refractivity contribution in [3.63, 3.8) is 0 Å². The van der Waals surface area contributed by atoms with Crippen LogP contribution >= 0.6 is 31.8 Å². The fraction of sp³-hybridized carbons (Fsp3) is 0.833. The van der Waals surface area contributed by atoms with E-state index in [1.165, 1.54) is 0 Å². The minimum Gasteiger partial charge on any atom is -0.312 e. The maximum absolute atomic E-state index is 5.41. The van der Waals surface area contributed by atoms with Crippen LogP contribution in [0.4, 0.5) is 0 Å². The molecular formula is C6H12Cl2O3P. The predicted octanol–water partition coefficient (Wildman–Crippen LogP) is 2.57. The fourth-order valence-corrected chi connectivity index (χ4v) is 1.63. The van der Waals surface area contributed by atoms with Gasteiger partial charge in [-0.25, -0.2) is 0 Å². The minimum absolute atomic E-state index is 0.316. The van der Waals surface area contributed by atoms with E-state index in [-0.39, 0.29) is 0 Å². The second-order valence-electron chi connectivity index (χ2n) is 1.60. The standard InChI is InChI=1S/C6H12Cl2O3P/c1-2-9-12(10-5-3-7)11-6-4-8/h1-6H2. The third kappa shape index (κ3) is 7.53. The first-order valence-electron chi connectivity index (χ1n) is 3.45. The van der Waals surface area contributed by atoms with Crippen molar-refractivity contribution >= 4 is 31.8 Å². The molecule has 0 N–H and O–H groups in total. The molecule has 0 rings (SSSR count). The van der Waals surface area contributed by atoms with Crippen LogP contribution in [0.2, 0.25) is 0 Å². The van der Waals surface area contributed by atoms with Gasteiger partial charge in [-0.15, -0.1) is 23.2 Å². The van der Waals surface area contributed by atoms with E-state index in [2.05, 4.69) is 6.92 Å². The van der Waals surface area contributed by atoms with E-state index < -0.39 is 8.60 Å². The Hall–Kier alpha value is 0.890. The van der Waals surface area contributed by atoms with Gasteiger partial charge in [0.1, 0.15) is 0 Å². The van der Waals surface area contributed by atoms with Gasteiger partial charge in [0.05, 0.1) is 19.8 Å². The number of alkyl halides is 2. The van der Waals surface area contributed by atoms with Crippen LogP contribution in [0.5, 0.6) is 0 Å². The van der Waals surface area contributed by atoms with Crippen molar-refractivity contribution in [3.8, 4) is 0 Å². The van der Waals surface area contributed by atoms with Crippen molar-refractivity contribution in [1.29, 1.82) is 0 Å². The van der Waals surface area contributed by atoms with Gasteiger partial charge in [0.15, 0.2) is 0 Å². The number of rotatable bonds is 8. The summed E-state index contributed by atoms with van der Waals surface area (Å²) in [5, 5.41) is 0. The van der Waals surface area contributed by atoms with Gasteiger partial charge in [-0.3, -0.25) is 0 Å². The van der Waals surface area contributed by atoms with Gasteiger partial charge in [-0.05, 0) is 6.92 Å². The highest BCUT2D eigenvalue weighted by Crippen LogP contribution is 2.38. The SMILES string of the molecule is [CH2]COP(OCCCl)OCCCl. The van der Waals surface area contributed by atoms with Crippen molar-refractivity contribution < 1.29 is 13.6 Å². The molecule has 0 heterocycles. The molecule has 0 aromatic carbocycles. The van der Waals surface area contributed by atoms with Crippen LogP contribution in [0.3, 0.4) is 0 Å². The summed E-state index contributed by atoms with van der Waals surface area (Å²) < 4.78 is 15.3. The zero-order valence-corrected chi connectivity index (χ0v) is 9.08. The van der Waals surface area contributed by atoms with Crippen molar-refractivity contribution in [2.24, 2.45) is 0 Å². The van der Waals surface area contributed by atoms with Crippen LogP contribution in [-0.2, 0) is 13.6 Å². The first kappa shape index (κ1) is 12.9. The fourth-order valence-electron chi connectivity index (χ4n) is 0.404. The van der Waals surface area contributed by atoms with Gasteiger partial charge < -0.3 is 13.6 Å². The number of halogens is 2. The summed E-state index contributed by atoms with van der Waals surface area (Å²) in [6.45, 7) is 4.65. The predicted molar refractivity (Wildman–Crippen MR) is 51.6 cm³/mol. The average Bonchev–Trinajstić information content (AvgIpc) is 2.10. The highest BCUT2D eigenvalue weighted by atomic mass is 35.5. The molecule has 0 bridgehead atoms. The zero-order chi connectivity index (χ0) is 9.23. The first-order valence-corrected chi connectivity index (χ1v) is 5.61. The number of hydrogen-bond acceptors (Lipinski definition) is 3. The average molecular weight is 234 g/mol. The van der Waals surface area contributed by atoms with E-state index in [1.807, 2.05) is 0 Å². The lowest BCUT2D eigenvalue weighted by molar-refractivity contribution is 0.183. The van der Waals surface area contributed by atoms with Crippen LogP contribution in [0.25, 0.3) is 0 Å². The molecule has 0 amide bonds. The Morgan fingerprint density at radius 3 is 1.83 bits per heavy atom. The van der Waals surface area contributed by atoms with Gasteiger partial charge in [0.25, 0.3) is 0 Å². The van der Waals surface area contributed by atoms with E-state index in [9.17, 15) is 0 Å². The second kappa shape index (κ2) is 9.97. The molecule has 6 heteroatoms. The summed E-state index contributed by atoms with van der Waals surface area (Å²) in [7, 11) is -1.30. The molecule has 0 fully saturated rings. The molecule has 3 nitrogen and oxygen atoms in total. The quantitative estimate of drug-likeness (QED) is 0.477. The summed E-state index contributed by atoms with van der Waals surface area (Å²) >= 11 is 10.8. The second-order valence-corrected chi connectivity index (χ2v) is 3.58. The van der Waals surface area contributed by atoms with Gasteiger partial charge in [-0.1, -0.05) is 0 Å². The molecule has 0 atom stereocenters. The topological polar surface area (TPSA) is 27.7 Å². The van der Waals surface area contributed by atoms with Gasteiger partial charge in [0, 0.05) is 11.8 Å². The monoisotopic (exact) mass is 233 g/mol. The summed E-state index contributed by atoms with van der Waals surface area (Å²) in [6, 6.07) is 0. The molecule has 0 saturated heterocycles. The Balaban J connectivity index is 3.40. The maximum Gasteiger partial charge on any atom is 0.332 e. The van der Waals surface area contributed by atoms with Gasteiger partial charge in [0.2, 0.25) is 0 Å². The molecule has 1 radical (unpaired) electrons. The lowest BCUT2D eigenvalue weighted by Gasteiger charge is -2.13. The van der Waals surface area contributed by atoms with E-state index in [1.54, 1.807) is 0 Å². The van der Waals surface area contributed by atoms with E-state index in [0.717, 1.165) is 0 Å². The zero-order valence-electron chi connectivity index (χ0n) is 6.67. The molecule has 0 aromatic heterocycles. The summed E-state index contributed by atoms with van der Waals surface area (Å²) in [4.78, 5) is 0. The van der Waals surface area contributed by atoms with Crippen LogP contribution in [-0.4, -0.2) is 31.6 Å². The van der Waals surface area contributed by atoms with Crippen LogP contribution in [0.15, 0.2) is 0 Å². The van der Waals surface area contributed by atoms with Crippen LogP contribution in [0, 0.1) is 6.92 Å². The van der Waals surface area contributed by atoms with E-state index in [0.29, 0.717) is 31.6 Å². The molecule has 0 saturated carbocycles. The normalized spacial score (nSPS) is 11.0. The number of hydrogen-bond donors (Lipinski definition) is 0. The molecule has 73 valence electrons. The molecule has 0 aliphatic heterocycles. The molecular weight excluding hydrogens is 222 g/mol. The lowest BCUT2D eigenvalue weighted by Crippen LogP contribution is -1.99.